The Morgan fingerprint density at radius 3 is 2.43 bits per heavy atom. The summed E-state index contributed by atoms with van der Waals surface area (Å²) in [5.74, 6) is 1.23. The second-order valence-corrected chi connectivity index (χ2v) is 9.22. The summed E-state index contributed by atoms with van der Waals surface area (Å²) in [6.07, 6.45) is 8.85. The van der Waals surface area contributed by atoms with Crippen molar-refractivity contribution in [1.29, 1.82) is 0 Å². The number of amidine groups is 1. The molecule has 0 atom stereocenters. The molecule has 2 heterocycles. The Morgan fingerprint density at radius 2 is 1.65 bits per heavy atom. The average molecular weight is 490 g/mol. The summed E-state index contributed by atoms with van der Waals surface area (Å²) in [6, 6.07) is 27.9. The quantitative estimate of drug-likeness (QED) is 0.229. The SMILES string of the molecule is CCCCCCOc1cccc(/C=C2\N=C3C(Cc4ccccc4)=NC(c4ccccc4)=CN3C2=O)c1. The topological polar surface area (TPSA) is 54.3 Å². The molecule has 3 aromatic carbocycles. The minimum atomic E-state index is -0.158. The molecule has 0 fully saturated rings. The Balaban J connectivity index is 1.42. The summed E-state index contributed by atoms with van der Waals surface area (Å²) >= 11 is 0. The number of rotatable bonds is 10. The molecule has 2 aliphatic rings. The van der Waals surface area contributed by atoms with Crippen LogP contribution in [0.5, 0.6) is 5.75 Å². The van der Waals surface area contributed by atoms with E-state index in [9.17, 15) is 4.79 Å². The Kier molecular flexibility index (Phi) is 7.70. The Bertz CT molecular complexity index is 1370. The molecule has 0 aliphatic carbocycles. The maximum atomic E-state index is 13.5. The van der Waals surface area contributed by atoms with Crippen molar-refractivity contribution >= 4 is 29.2 Å². The van der Waals surface area contributed by atoms with E-state index < -0.39 is 0 Å². The highest BCUT2D eigenvalue weighted by Crippen LogP contribution is 2.29. The van der Waals surface area contributed by atoms with Crippen LogP contribution in [-0.2, 0) is 11.2 Å². The van der Waals surface area contributed by atoms with Crippen molar-refractivity contribution in [1.82, 2.24) is 4.90 Å². The third kappa shape index (κ3) is 5.95. The number of aliphatic imine (C=N–C) groups is 2. The Morgan fingerprint density at radius 1 is 0.865 bits per heavy atom. The first-order valence-corrected chi connectivity index (χ1v) is 13.0. The highest BCUT2D eigenvalue weighted by molar-refractivity contribution is 6.48. The Hall–Kier alpha value is -4.25. The normalized spacial score (nSPS) is 15.8. The molecule has 5 nitrogen and oxygen atoms in total. The molecule has 0 aromatic heterocycles. The molecule has 1 amide bonds. The van der Waals surface area contributed by atoms with E-state index in [1.54, 1.807) is 11.1 Å². The lowest BCUT2D eigenvalue weighted by atomic mass is 10.1. The number of carbonyl (C=O) groups excluding carboxylic acids is 1. The summed E-state index contributed by atoms with van der Waals surface area (Å²) in [6.45, 7) is 2.90. The summed E-state index contributed by atoms with van der Waals surface area (Å²) in [7, 11) is 0. The van der Waals surface area contributed by atoms with Gasteiger partial charge in [0, 0.05) is 18.2 Å². The van der Waals surface area contributed by atoms with E-state index in [1.807, 2.05) is 78.9 Å². The van der Waals surface area contributed by atoms with E-state index in [2.05, 4.69) is 19.1 Å². The fourth-order valence-corrected chi connectivity index (χ4v) is 4.43. The summed E-state index contributed by atoms with van der Waals surface area (Å²) < 4.78 is 5.94. The second kappa shape index (κ2) is 11.7. The van der Waals surface area contributed by atoms with E-state index in [4.69, 9.17) is 14.7 Å². The molecular weight excluding hydrogens is 458 g/mol. The molecule has 186 valence electrons. The van der Waals surface area contributed by atoms with Crippen LogP contribution < -0.4 is 4.74 Å². The zero-order chi connectivity index (χ0) is 25.5. The predicted octanol–water partition coefficient (Wildman–Crippen LogP) is 6.92. The van der Waals surface area contributed by atoms with Crippen molar-refractivity contribution < 1.29 is 9.53 Å². The number of hydrogen-bond donors (Lipinski definition) is 0. The number of benzene rings is 3. The standard InChI is InChI=1S/C32H31N3O2/c1-2-3-4-11-19-37-27-18-12-15-25(20-27)22-29-32(36)35-23-30(26-16-9-6-10-17-26)33-28(31(35)34-29)21-24-13-7-5-8-14-24/h5-10,12-18,20,22-23H,2-4,11,19,21H2,1H3/b29-22-. The summed E-state index contributed by atoms with van der Waals surface area (Å²) in [5, 5.41) is 0. The lowest BCUT2D eigenvalue weighted by molar-refractivity contribution is -0.120. The first-order chi connectivity index (χ1) is 18.2. The first-order valence-electron chi connectivity index (χ1n) is 13.0. The van der Waals surface area contributed by atoms with Gasteiger partial charge in [0.2, 0.25) is 0 Å². The minimum Gasteiger partial charge on any atom is -0.494 e. The van der Waals surface area contributed by atoms with Crippen LogP contribution in [0, 0.1) is 0 Å². The molecule has 37 heavy (non-hydrogen) atoms. The fraction of sp³-hybridized carbons (Fsp3) is 0.219. The number of hydrogen-bond acceptors (Lipinski definition) is 4. The largest absolute Gasteiger partial charge is 0.494 e. The smallest absolute Gasteiger partial charge is 0.282 e. The molecule has 5 heteroatoms. The van der Waals surface area contributed by atoms with E-state index in [1.165, 1.54) is 19.3 Å². The van der Waals surface area contributed by atoms with Gasteiger partial charge in [-0.05, 0) is 35.8 Å². The van der Waals surface area contributed by atoms with Gasteiger partial charge in [-0.15, -0.1) is 0 Å². The molecule has 3 aromatic rings. The lowest BCUT2D eigenvalue weighted by Gasteiger charge is -2.21. The highest BCUT2D eigenvalue weighted by Gasteiger charge is 2.35. The van der Waals surface area contributed by atoms with Gasteiger partial charge in [-0.2, -0.15) is 0 Å². The van der Waals surface area contributed by atoms with Crippen molar-refractivity contribution in [2.24, 2.45) is 9.98 Å². The van der Waals surface area contributed by atoms with Crippen molar-refractivity contribution in [3.8, 4) is 5.75 Å². The van der Waals surface area contributed by atoms with Crippen LogP contribution in [0.1, 0.15) is 49.3 Å². The van der Waals surface area contributed by atoms with Gasteiger partial charge < -0.3 is 4.74 Å². The number of fused-ring (bicyclic) bond motifs is 1. The molecule has 0 saturated heterocycles. The van der Waals surface area contributed by atoms with E-state index in [0.717, 1.165) is 40.3 Å². The average Bonchev–Trinajstić information content (AvgIpc) is 3.25. The van der Waals surface area contributed by atoms with Crippen LogP contribution in [0.15, 0.2) is 107 Å². The van der Waals surface area contributed by atoms with Crippen LogP contribution in [0.3, 0.4) is 0 Å². The van der Waals surface area contributed by atoms with Crippen molar-refractivity contribution in [2.75, 3.05) is 6.61 Å². The van der Waals surface area contributed by atoms with Crippen LogP contribution in [0.4, 0.5) is 0 Å². The summed E-state index contributed by atoms with van der Waals surface area (Å²) in [5.41, 5.74) is 4.87. The third-order valence-corrected chi connectivity index (χ3v) is 6.37. The number of unbranched alkanes of at least 4 members (excludes halogenated alkanes) is 3. The molecule has 0 unspecified atom stereocenters. The number of ether oxygens (including phenoxy) is 1. The van der Waals surface area contributed by atoms with E-state index >= 15 is 0 Å². The van der Waals surface area contributed by atoms with Crippen molar-refractivity contribution in [3.05, 3.63) is 114 Å². The molecule has 0 saturated carbocycles. The minimum absolute atomic E-state index is 0.158. The zero-order valence-electron chi connectivity index (χ0n) is 21.1. The van der Waals surface area contributed by atoms with Gasteiger partial charge in [0.15, 0.2) is 5.84 Å². The predicted molar refractivity (Wildman–Crippen MR) is 150 cm³/mol. The van der Waals surface area contributed by atoms with Crippen LogP contribution >= 0.6 is 0 Å². The van der Waals surface area contributed by atoms with Gasteiger partial charge in [-0.25, -0.2) is 9.98 Å². The molecule has 2 aliphatic heterocycles. The van der Waals surface area contributed by atoms with Gasteiger partial charge in [-0.1, -0.05) is 99.0 Å². The molecule has 0 N–H and O–H groups in total. The number of nitrogens with zero attached hydrogens (tertiary/aromatic N) is 3. The zero-order valence-corrected chi connectivity index (χ0v) is 21.1. The van der Waals surface area contributed by atoms with Gasteiger partial charge >= 0.3 is 0 Å². The van der Waals surface area contributed by atoms with Crippen LogP contribution in [0.25, 0.3) is 11.8 Å². The van der Waals surface area contributed by atoms with Gasteiger partial charge in [0.05, 0.1) is 18.0 Å². The third-order valence-electron chi connectivity index (χ3n) is 6.37. The lowest BCUT2D eigenvalue weighted by Crippen LogP contribution is -2.36. The van der Waals surface area contributed by atoms with Gasteiger partial charge in [-0.3, -0.25) is 9.69 Å². The second-order valence-electron chi connectivity index (χ2n) is 9.22. The number of amides is 1. The monoisotopic (exact) mass is 489 g/mol. The fourth-order valence-electron chi connectivity index (χ4n) is 4.43. The van der Waals surface area contributed by atoms with Crippen LogP contribution in [0.2, 0.25) is 0 Å². The van der Waals surface area contributed by atoms with E-state index in [-0.39, 0.29) is 5.91 Å². The molecular formula is C32H31N3O2. The first kappa shape index (κ1) is 24.4. The molecule has 5 rings (SSSR count). The van der Waals surface area contributed by atoms with Crippen LogP contribution in [-0.4, -0.2) is 29.0 Å². The van der Waals surface area contributed by atoms with Gasteiger partial charge in [0.25, 0.3) is 5.91 Å². The molecule has 0 radical (unpaired) electrons. The summed E-state index contributed by atoms with van der Waals surface area (Å²) in [4.78, 5) is 24.8. The maximum absolute atomic E-state index is 13.5. The molecule has 0 spiro atoms. The van der Waals surface area contributed by atoms with E-state index in [0.29, 0.717) is 24.6 Å². The highest BCUT2D eigenvalue weighted by atomic mass is 16.5. The van der Waals surface area contributed by atoms with Crippen molar-refractivity contribution in [2.45, 2.75) is 39.0 Å². The maximum Gasteiger partial charge on any atom is 0.282 e. The number of carbonyl (C=O) groups is 1. The van der Waals surface area contributed by atoms with Crippen molar-refractivity contribution in [3.63, 3.8) is 0 Å². The van der Waals surface area contributed by atoms with Gasteiger partial charge in [0.1, 0.15) is 11.4 Å². The Labute approximate surface area is 218 Å². The molecule has 0 bridgehead atoms.